The molecule has 0 aliphatic carbocycles. The van der Waals surface area contributed by atoms with Crippen molar-refractivity contribution in [1.29, 1.82) is 0 Å². The van der Waals surface area contributed by atoms with Crippen molar-refractivity contribution in [2.24, 2.45) is 0 Å². The van der Waals surface area contributed by atoms with Crippen molar-refractivity contribution in [3.8, 4) is 0 Å². The number of carbonyl (C=O) groups is 1. The zero-order chi connectivity index (χ0) is 12.4. The summed E-state index contributed by atoms with van der Waals surface area (Å²) < 4.78 is 39.6. The summed E-state index contributed by atoms with van der Waals surface area (Å²) in [4.78, 5) is 11.8. The monoisotopic (exact) mass is 236 g/mol. The molecule has 17 heavy (non-hydrogen) atoms. The van der Waals surface area contributed by atoms with Crippen molar-refractivity contribution < 1.29 is 18.0 Å². The summed E-state index contributed by atoms with van der Waals surface area (Å²) in [5.74, 6) is -4.65. The molecule has 0 radical (unpaired) electrons. The highest BCUT2D eigenvalue weighted by molar-refractivity contribution is 6.09. The molecule has 0 atom stereocenters. The standard InChI is InChI=1S/C13H7F3O/c14-9-6-7-10(15)12(16)11(9)13(17)8-4-2-1-3-5-8/h1-7H. The van der Waals surface area contributed by atoms with Gasteiger partial charge in [-0.15, -0.1) is 0 Å². The molecule has 0 N–H and O–H groups in total. The molecule has 0 amide bonds. The molecule has 0 unspecified atom stereocenters. The van der Waals surface area contributed by atoms with Gasteiger partial charge in [0, 0.05) is 5.56 Å². The quantitative estimate of drug-likeness (QED) is 0.577. The third kappa shape index (κ3) is 2.06. The Morgan fingerprint density at radius 2 is 1.41 bits per heavy atom. The molecule has 0 aromatic heterocycles. The topological polar surface area (TPSA) is 17.1 Å². The summed E-state index contributed by atoms with van der Waals surface area (Å²) in [5, 5.41) is 0. The minimum atomic E-state index is -1.46. The lowest BCUT2D eigenvalue weighted by atomic mass is 10.0. The minimum absolute atomic E-state index is 0.107. The van der Waals surface area contributed by atoms with Crippen LogP contribution in [0.15, 0.2) is 42.5 Å². The number of carbonyl (C=O) groups excluding carboxylic acids is 1. The van der Waals surface area contributed by atoms with Crippen LogP contribution in [0.5, 0.6) is 0 Å². The largest absolute Gasteiger partial charge is 0.288 e. The summed E-state index contributed by atoms with van der Waals surface area (Å²) in [6.45, 7) is 0. The van der Waals surface area contributed by atoms with Gasteiger partial charge in [0.25, 0.3) is 0 Å². The Kier molecular flexibility index (Phi) is 2.95. The Morgan fingerprint density at radius 1 is 0.824 bits per heavy atom. The smallest absolute Gasteiger partial charge is 0.199 e. The van der Waals surface area contributed by atoms with Gasteiger partial charge in [-0.1, -0.05) is 30.3 Å². The Balaban J connectivity index is 2.56. The molecule has 0 bridgehead atoms. The van der Waals surface area contributed by atoms with Crippen molar-refractivity contribution in [2.45, 2.75) is 0 Å². The Hall–Kier alpha value is -2.10. The molecule has 2 aromatic carbocycles. The molecular formula is C13H7F3O. The zero-order valence-electron chi connectivity index (χ0n) is 8.58. The van der Waals surface area contributed by atoms with Crippen LogP contribution in [0.25, 0.3) is 0 Å². The lowest BCUT2D eigenvalue weighted by molar-refractivity contribution is 0.103. The fourth-order valence-electron chi connectivity index (χ4n) is 1.47. The molecule has 0 saturated carbocycles. The summed E-state index contributed by atoms with van der Waals surface area (Å²) in [7, 11) is 0. The van der Waals surface area contributed by atoms with Crippen LogP contribution in [0.3, 0.4) is 0 Å². The zero-order valence-corrected chi connectivity index (χ0v) is 8.58. The average Bonchev–Trinajstić information content (AvgIpc) is 2.35. The van der Waals surface area contributed by atoms with Crippen molar-refractivity contribution in [1.82, 2.24) is 0 Å². The SMILES string of the molecule is O=C(c1ccccc1)c1c(F)ccc(F)c1F. The number of ketones is 1. The van der Waals surface area contributed by atoms with E-state index < -0.39 is 28.8 Å². The highest BCUT2D eigenvalue weighted by Crippen LogP contribution is 2.19. The molecule has 2 aromatic rings. The fraction of sp³-hybridized carbons (Fsp3) is 0. The predicted molar refractivity (Wildman–Crippen MR) is 56.2 cm³/mol. The molecule has 0 saturated heterocycles. The minimum Gasteiger partial charge on any atom is -0.288 e. The van der Waals surface area contributed by atoms with Crippen molar-refractivity contribution >= 4 is 5.78 Å². The van der Waals surface area contributed by atoms with Gasteiger partial charge in [-0.2, -0.15) is 0 Å². The van der Waals surface area contributed by atoms with Gasteiger partial charge in [0.15, 0.2) is 17.4 Å². The van der Waals surface area contributed by atoms with E-state index in [0.717, 1.165) is 6.07 Å². The maximum atomic E-state index is 13.4. The molecule has 0 aliphatic heterocycles. The maximum Gasteiger partial charge on any atom is 0.199 e. The lowest BCUT2D eigenvalue weighted by Crippen LogP contribution is -2.08. The van der Waals surface area contributed by atoms with E-state index >= 15 is 0 Å². The number of halogens is 3. The number of rotatable bonds is 2. The maximum absolute atomic E-state index is 13.4. The second kappa shape index (κ2) is 4.41. The van der Waals surface area contributed by atoms with Crippen molar-refractivity contribution in [2.75, 3.05) is 0 Å². The molecule has 2 rings (SSSR count). The van der Waals surface area contributed by atoms with Crippen LogP contribution in [-0.2, 0) is 0 Å². The average molecular weight is 236 g/mol. The predicted octanol–water partition coefficient (Wildman–Crippen LogP) is 3.33. The number of hydrogen-bond donors (Lipinski definition) is 0. The normalized spacial score (nSPS) is 10.3. The molecule has 0 aliphatic rings. The van der Waals surface area contributed by atoms with E-state index in [4.69, 9.17) is 0 Å². The molecule has 0 spiro atoms. The number of hydrogen-bond acceptors (Lipinski definition) is 1. The van der Waals surface area contributed by atoms with E-state index in [1.807, 2.05) is 0 Å². The first-order valence-electron chi connectivity index (χ1n) is 4.84. The van der Waals surface area contributed by atoms with E-state index in [1.165, 1.54) is 12.1 Å². The van der Waals surface area contributed by atoms with Gasteiger partial charge in [0.1, 0.15) is 5.82 Å². The van der Waals surface area contributed by atoms with Gasteiger partial charge in [-0.3, -0.25) is 4.79 Å². The van der Waals surface area contributed by atoms with E-state index in [0.29, 0.717) is 6.07 Å². The molecule has 0 heterocycles. The summed E-state index contributed by atoms with van der Waals surface area (Å²) in [6.07, 6.45) is 0. The first-order valence-corrected chi connectivity index (χ1v) is 4.84. The highest BCUT2D eigenvalue weighted by atomic mass is 19.2. The highest BCUT2D eigenvalue weighted by Gasteiger charge is 2.21. The van der Waals surface area contributed by atoms with Crippen LogP contribution >= 0.6 is 0 Å². The van der Waals surface area contributed by atoms with Gasteiger partial charge in [0.2, 0.25) is 0 Å². The summed E-state index contributed by atoms with van der Waals surface area (Å²) >= 11 is 0. The molecular weight excluding hydrogens is 229 g/mol. The van der Waals surface area contributed by atoms with Crippen LogP contribution in [0, 0.1) is 17.5 Å². The Bertz CT molecular complexity index is 564. The van der Waals surface area contributed by atoms with E-state index in [-0.39, 0.29) is 5.56 Å². The molecule has 4 heteroatoms. The van der Waals surface area contributed by atoms with Crippen molar-refractivity contribution in [3.05, 3.63) is 71.0 Å². The summed E-state index contributed by atoms with van der Waals surface area (Å²) in [5.41, 5.74) is -0.757. The number of benzene rings is 2. The van der Waals surface area contributed by atoms with Crippen LogP contribution in [0.2, 0.25) is 0 Å². The Labute approximate surface area is 95.5 Å². The van der Waals surface area contributed by atoms with Crippen LogP contribution in [-0.4, -0.2) is 5.78 Å². The van der Waals surface area contributed by atoms with Crippen LogP contribution < -0.4 is 0 Å². The Morgan fingerprint density at radius 3 is 2.06 bits per heavy atom. The third-order valence-corrected chi connectivity index (χ3v) is 2.31. The van der Waals surface area contributed by atoms with Gasteiger partial charge < -0.3 is 0 Å². The lowest BCUT2D eigenvalue weighted by Gasteiger charge is -2.04. The van der Waals surface area contributed by atoms with Crippen molar-refractivity contribution in [3.63, 3.8) is 0 Å². The second-order valence-corrected chi connectivity index (χ2v) is 3.41. The van der Waals surface area contributed by atoms with Crippen LogP contribution in [0.1, 0.15) is 15.9 Å². The first kappa shape index (κ1) is 11.4. The summed E-state index contributed by atoms with van der Waals surface area (Å²) in [6, 6.07) is 8.97. The van der Waals surface area contributed by atoms with Gasteiger partial charge in [-0.05, 0) is 12.1 Å². The molecule has 1 nitrogen and oxygen atoms in total. The molecule has 86 valence electrons. The van der Waals surface area contributed by atoms with Gasteiger partial charge in [0.05, 0.1) is 5.56 Å². The third-order valence-electron chi connectivity index (χ3n) is 2.31. The van der Waals surface area contributed by atoms with E-state index in [1.54, 1.807) is 18.2 Å². The van der Waals surface area contributed by atoms with E-state index in [9.17, 15) is 18.0 Å². The van der Waals surface area contributed by atoms with Crippen LogP contribution in [0.4, 0.5) is 13.2 Å². The first-order chi connectivity index (χ1) is 8.11. The van der Waals surface area contributed by atoms with E-state index in [2.05, 4.69) is 0 Å². The van der Waals surface area contributed by atoms with Gasteiger partial charge in [-0.25, -0.2) is 13.2 Å². The van der Waals surface area contributed by atoms with Gasteiger partial charge >= 0.3 is 0 Å². The second-order valence-electron chi connectivity index (χ2n) is 3.41. The fourth-order valence-corrected chi connectivity index (χ4v) is 1.47. The molecule has 0 fully saturated rings.